The first-order valence-electron chi connectivity index (χ1n) is 5.38. The van der Waals surface area contributed by atoms with Crippen LogP contribution < -0.4 is 20.1 Å². The van der Waals surface area contributed by atoms with E-state index in [2.05, 4.69) is 32.6 Å². The van der Waals surface area contributed by atoms with Crippen LogP contribution in [0.2, 0.25) is 0 Å². The fourth-order valence-electron chi connectivity index (χ4n) is 2.07. The minimum Gasteiger partial charge on any atom is -0.454 e. The van der Waals surface area contributed by atoms with Crippen LogP contribution >= 0.6 is 28.3 Å². The van der Waals surface area contributed by atoms with Crippen LogP contribution in [0.25, 0.3) is 0 Å². The summed E-state index contributed by atoms with van der Waals surface area (Å²) in [5, 5.41) is 6.85. The Kier molecular flexibility index (Phi) is 4.14. The lowest BCUT2D eigenvalue weighted by Gasteiger charge is -2.25. The molecule has 0 saturated carbocycles. The van der Waals surface area contributed by atoms with Crippen molar-refractivity contribution in [2.45, 2.75) is 6.04 Å². The minimum absolute atomic E-state index is 0. The molecule has 17 heavy (non-hydrogen) atoms. The quantitative estimate of drug-likeness (QED) is 0.828. The molecule has 0 bridgehead atoms. The van der Waals surface area contributed by atoms with Gasteiger partial charge in [0.2, 0.25) is 6.79 Å². The SMILES string of the molecule is Brc1cc2c(cc1[C@H]1CNCCN1)OCO2.Cl. The van der Waals surface area contributed by atoms with Gasteiger partial charge in [-0.25, -0.2) is 0 Å². The Labute approximate surface area is 115 Å². The molecule has 2 heterocycles. The molecule has 0 aromatic heterocycles. The summed E-state index contributed by atoms with van der Waals surface area (Å²) in [6.45, 7) is 3.28. The van der Waals surface area contributed by atoms with Gasteiger partial charge in [-0.1, -0.05) is 15.9 Å². The van der Waals surface area contributed by atoms with Gasteiger partial charge < -0.3 is 20.1 Å². The predicted octanol–water partition coefficient (Wildman–Crippen LogP) is 1.83. The third-order valence-electron chi connectivity index (χ3n) is 2.91. The van der Waals surface area contributed by atoms with E-state index in [-0.39, 0.29) is 12.4 Å². The highest BCUT2D eigenvalue weighted by Crippen LogP contribution is 2.39. The molecule has 2 aliphatic heterocycles. The molecular weight excluding hydrogens is 307 g/mol. The van der Waals surface area contributed by atoms with Gasteiger partial charge in [0.15, 0.2) is 11.5 Å². The number of hydrogen-bond donors (Lipinski definition) is 2. The Morgan fingerprint density at radius 3 is 2.65 bits per heavy atom. The number of benzene rings is 1. The molecule has 1 aromatic rings. The van der Waals surface area contributed by atoms with E-state index < -0.39 is 0 Å². The van der Waals surface area contributed by atoms with Gasteiger partial charge in [0.1, 0.15) is 0 Å². The highest BCUT2D eigenvalue weighted by Gasteiger charge is 2.22. The van der Waals surface area contributed by atoms with Gasteiger partial charge in [-0.3, -0.25) is 0 Å². The fraction of sp³-hybridized carbons (Fsp3) is 0.455. The number of piperazine rings is 1. The highest BCUT2D eigenvalue weighted by molar-refractivity contribution is 9.10. The highest BCUT2D eigenvalue weighted by atomic mass is 79.9. The Hall–Kier alpha value is -0.490. The van der Waals surface area contributed by atoms with E-state index in [0.29, 0.717) is 12.8 Å². The van der Waals surface area contributed by atoms with Crippen LogP contribution in [0.1, 0.15) is 11.6 Å². The normalized spacial score (nSPS) is 22.1. The smallest absolute Gasteiger partial charge is 0.231 e. The zero-order chi connectivity index (χ0) is 11.0. The second-order valence-corrected chi connectivity index (χ2v) is 4.79. The molecule has 0 unspecified atom stereocenters. The molecule has 4 nitrogen and oxygen atoms in total. The van der Waals surface area contributed by atoms with Crippen molar-refractivity contribution in [1.29, 1.82) is 0 Å². The topological polar surface area (TPSA) is 42.5 Å². The number of hydrogen-bond acceptors (Lipinski definition) is 4. The van der Waals surface area contributed by atoms with Crippen LogP contribution in [0.5, 0.6) is 11.5 Å². The van der Waals surface area contributed by atoms with Crippen LogP contribution in [0.15, 0.2) is 16.6 Å². The summed E-state index contributed by atoms with van der Waals surface area (Å²) >= 11 is 3.58. The standard InChI is InChI=1S/C11H13BrN2O2.ClH/c12-8-4-11-10(15-6-16-11)3-7(8)9-5-13-1-2-14-9;/h3-4,9,13-14H,1-2,5-6H2;1H/t9-;/m1./s1. The van der Waals surface area contributed by atoms with Crippen molar-refractivity contribution in [3.05, 3.63) is 22.2 Å². The number of halogens is 2. The Morgan fingerprint density at radius 2 is 1.94 bits per heavy atom. The zero-order valence-electron chi connectivity index (χ0n) is 9.16. The van der Waals surface area contributed by atoms with Crippen LogP contribution in [0.4, 0.5) is 0 Å². The maximum Gasteiger partial charge on any atom is 0.231 e. The lowest BCUT2D eigenvalue weighted by molar-refractivity contribution is 0.174. The molecular formula is C11H14BrClN2O2. The third-order valence-corrected chi connectivity index (χ3v) is 3.60. The zero-order valence-corrected chi connectivity index (χ0v) is 11.6. The van der Waals surface area contributed by atoms with E-state index in [9.17, 15) is 0 Å². The van der Waals surface area contributed by atoms with E-state index >= 15 is 0 Å². The molecule has 0 radical (unpaired) electrons. The Morgan fingerprint density at radius 1 is 1.18 bits per heavy atom. The summed E-state index contributed by atoms with van der Waals surface area (Å²) in [6, 6.07) is 4.36. The first-order valence-corrected chi connectivity index (χ1v) is 6.17. The molecule has 1 aromatic carbocycles. The largest absolute Gasteiger partial charge is 0.454 e. The summed E-state index contributed by atoms with van der Waals surface area (Å²) in [6.07, 6.45) is 0. The summed E-state index contributed by atoms with van der Waals surface area (Å²) in [4.78, 5) is 0. The molecule has 6 heteroatoms. The minimum atomic E-state index is 0. The lowest BCUT2D eigenvalue weighted by atomic mass is 10.0. The van der Waals surface area contributed by atoms with Crippen molar-refractivity contribution >= 4 is 28.3 Å². The number of ether oxygens (including phenoxy) is 2. The second-order valence-electron chi connectivity index (χ2n) is 3.94. The van der Waals surface area contributed by atoms with Gasteiger partial charge in [-0.15, -0.1) is 12.4 Å². The fourth-order valence-corrected chi connectivity index (χ4v) is 2.67. The molecule has 1 fully saturated rings. The second kappa shape index (κ2) is 5.44. The predicted molar refractivity (Wildman–Crippen MR) is 71.1 cm³/mol. The van der Waals surface area contributed by atoms with Gasteiger partial charge in [-0.2, -0.15) is 0 Å². The van der Waals surface area contributed by atoms with Crippen molar-refractivity contribution in [1.82, 2.24) is 10.6 Å². The van der Waals surface area contributed by atoms with Crippen molar-refractivity contribution < 1.29 is 9.47 Å². The maximum absolute atomic E-state index is 5.39. The molecule has 1 atom stereocenters. The van der Waals surface area contributed by atoms with E-state index in [1.807, 2.05) is 6.07 Å². The number of fused-ring (bicyclic) bond motifs is 1. The molecule has 2 aliphatic rings. The first-order chi connectivity index (χ1) is 7.84. The monoisotopic (exact) mass is 320 g/mol. The molecule has 0 amide bonds. The Bertz CT molecular complexity index is 411. The van der Waals surface area contributed by atoms with Crippen LogP contribution in [-0.4, -0.2) is 26.4 Å². The lowest BCUT2D eigenvalue weighted by Crippen LogP contribution is -2.42. The van der Waals surface area contributed by atoms with Crippen molar-refractivity contribution in [2.75, 3.05) is 26.4 Å². The maximum atomic E-state index is 5.39. The summed E-state index contributed by atoms with van der Waals surface area (Å²) in [7, 11) is 0. The van der Waals surface area contributed by atoms with E-state index in [1.165, 1.54) is 5.56 Å². The van der Waals surface area contributed by atoms with E-state index in [0.717, 1.165) is 35.6 Å². The summed E-state index contributed by atoms with van der Waals surface area (Å²) in [5.74, 6) is 1.66. The number of nitrogens with one attached hydrogen (secondary N) is 2. The molecule has 94 valence electrons. The van der Waals surface area contributed by atoms with Crippen LogP contribution in [-0.2, 0) is 0 Å². The molecule has 0 aliphatic carbocycles. The molecule has 3 rings (SSSR count). The van der Waals surface area contributed by atoms with Gasteiger partial charge in [0, 0.05) is 30.1 Å². The van der Waals surface area contributed by atoms with Gasteiger partial charge >= 0.3 is 0 Å². The van der Waals surface area contributed by atoms with Crippen LogP contribution in [0, 0.1) is 0 Å². The van der Waals surface area contributed by atoms with Crippen molar-refractivity contribution in [3.8, 4) is 11.5 Å². The summed E-state index contributed by atoms with van der Waals surface area (Å²) in [5.41, 5.74) is 1.22. The van der Waals surface area contributed by atoms with E-state index in [4.69, 9.17) is 9.47 Å². The average molecular weight is 322 g/mol. The van der Waals surface area contributed by atoms with Gasteiger partial charge in [0.25, 0.3) is 0 Å². The van der Waals surface area contributed by atoms with Crippen molar-refractivity contribution in [2.24, 2.45) is 0 Å². The molecule has 0 spiro atoms. The van der Waals surface area contributed by atoms with E-state index in [1.54, 1.807) is 0 Å². The van der Waals surface area contributed by atoms with Gasteiger partial charge in [0.05, 0.1) is 0 Å². The summed E-state index contributed by atoms with van der Waals surface area (Å²) < 4.78 is 11.8. The number of rotatable bonds is 1. The Balaban J connectivity index is 0.00000108. The molecule has 2 N–H and O–H groups in total. The third kappa shape index (κ3) is 2.52. The van der Waals surface area contributed by atoms with Crippen LogP contribution in [0.3, 0.4) is 0 Å². The van der Waals surface area contributed by atoms with Gasteiger partial charge in [-0.05, 0) is 17.7 Å². The average Bonchev–Trinajstić information content (AvgIpc) is 2.76. The van der Waals surface area contributed by atoms with Crippen molar-refractivity contribution in [3.63, 3.8) is 0 Å². The first kappa shape index (κ1) is 13.0. The molecule has 1 saturated heterocycles.